The summed E-state index contributed by atoms with van der Waals surface area (Å²) in [6, 6.07) is 9.09. The van der Waals surface area contributed by atoms with Crippen LogP contribution < -0.4 is 5.32 Å². The van der Waals surface area contributed by atoms with Crippen LogP contribution in [0.5, 0.6) is 0 Å². The summed E-state index contributed by atoms with van der Waals surface area (Å²) >= 11 is 0. The molecule has 4 rings (SSSR count). The molecule has 2 atom stereocenters. The van der Waals surface area contributed by atoms with Crippen LogP contribution in [0.15, 0.2) is 24.3 Å². The maximum absolute atomic E-state index is 12.8. The number of likely N-dealkylation sites (tertiary alicyclic amines) is 1. The van der Waals surface area contributed by atoms with Gasteiger partial charge in [-0.3, -0.25) is 4.79 Å². The molecule has 2 aliphatic carbocycles. The van der Waals surface area contributed by atoms with E-state index >= 15 is 0 Å². The van der Waals surface area contributed by atoms with Gasteiger partial charge in [-0.25, -0.2) is 4.79 Å². The molecule has 1 aromatic rings. The molecule has 1 N–H and O–H groups in total. The molecule has 5 heteroatoms. The van der Waals surface area contributed by atoms with Crippen LogP contribution in [-0.4, -0.2) is 43.1 Å². The van der Waals surface area contributed by atoms with E-state index in [4.69, 9.17) is 0 Å². The zero-order valence-corrected chi connectivity index (χ0v) is 15.8. The molecule has 1 saturated heterocycles. The smallest absolute Gasteiger partial charge is 0.407 e. The van der Waals surface area contributed by atoms with Crippen molar-refractivity contribution in [3.8, 4) is 0 Å². The minimum Gasteiger partial charge on any atom is -0.453 e. The Hall–Kier alpha value is -2.04. The van der Waals surface area contributed by atoms with Crippen molar-refractivity contribution in [3.63, 3.8) is 0 Å². The predicted molar refractivity (Wildman–Crippen MR) is 98.9 cm³/mol. The fourth-order valence-corrected chi connectivity index (χ4v) is 4.72. The summed E-state index contributed by atoms with van der Waals surface area (Å²) < 4.78 is 4.61. The molecule has 2 amide bonds. The molecule has 5 nitrogen and oxygen atoms in total. The van der Waals surface area contributed by atoms with Gasteiger partial charge < -0.3 is 15.0 Å². The van der Waals surface area contributed by atoms with E-state index in [-0.39, 0.29) is 23.3 Å². The van der Waals surface area contributed by atoms with Crippen molar-refractivity contribution >= 4 is 12.0 Å². The number of methoxy groups -OCH3 is 1. The van der Waals surface area contributed by atoms with Gasteiger partial charge in [-0.2, -0.15) is 0 Å². The van der Waals surface area contributed by atoms with Crippen LogP contribution in [-0.2, 0) is 14.9 Å². The van der Waals surface area contributed by atoms with Crippen LogP contribution in [0.3, 0.4) is 0 Å². The van der Waals surface area contributed by atoms with E-state index in [2.05, 4.69) is 53.1 Å². The number of nitrogens with zero attached hydrogens (tertiary/aromatic N) is 1. The molecule has 3 fully saturated rings. The van der Waals surface area contributed by atoms with E-state index in [9.17, 15) is 9.59 Å². The summed E-state index contributed by atoms with van der Waals surface area (Å²) in [4.78, 5) is 26.1. The Balaban J connectivity index is 1.34. The first-order chi connectivity index (χ1) is 12.4. The van der Waals surface area contributed by atoms with Crippen molar-refractivity contribution < 1.29 is 14.3 Å². The molecular formula is C21H28N2O3. The number of amides is 2. The number of carbonyl (C=O) groups excluding carboxylic acids is 2. The SMILES string of the molecule is COC(=O)NC1CC(C(=O)N2CC3CC3(c3ccc(C(C)C)cc3)C2)C1. The van der Waals surface area contributed by atoms with Gasteiger partial charge in [-0.05, 0) is 42.2 Å². The first-order valence-electron chi connectivity index (χ1n) is 9.66. The summed E-state index contributed by atoms with van der Waals surface area (Å²) in [6.45, 7) is 6.16. The van der Waals surface area contributed by atoms with Crippen molar-refractivity contribution in [2.24, 2.45) is 11.8 Å². The highest BCUT2D eigenvalue weighted by atomic mass is 16.5. The monoisotopic (exact) mass is 356 g/mol. The number of carbonyl (C=O) groups is 2. The van der Waals surface area contributed by atoms with Crippen LogP contribution in [0.4, 0.5) is 4.79 Å². The second-order valence-electron chi connectivity index (χ2n) is 8.55. The summed E-state index contributed by atoms with van der Waals surface area (Å²) in [5.41, 5.74) is 2.95. The van der Waals surface area contributed by atoms with Crippen molar-refractivity contribution in [3.05, 3.63) is 35.4 Å². The number of hydrogen-bond donors (Lipinski definition) is 1. The minimum atomic E-state index is -0.410. The Morgan fingerprint density at radius 3 is 2.54 bits per heavy atom. The number of fused-ring (bicyclic) bond motifs is 1. The lowest BCUT2D eigenvalue weighted by Gasteiger charge is -2.37. The summed E-state index contributed by atoms with van der Waals surface area (Å²) in [6.07, 6.45) is 2.25. The van der Waals surface area contributed by atoms with Crippen LogP contribution in [0.2, 0.25) is 0 Å². The Kier molecular flexibility index (Phi) is 4.20. The van der Waals surface area contributed by atoms with Crippen LogP contribution >= 0.6 is 0 Å². The number of piperidine rings is 1. The molecule has 0 bridgehead atoms. The molecule has 2 saturated carbocycles. The van der Waals surface area contributed by atoms with Crippen molar-refractivity contribution in [2.75, 3.05) is 20.2 Å². The van der Waals surface area contributed by atoms with Gasteiger partial charge in [0.05, 0.1) is 7.11 Å². The molecule has 0 spiro atoms. The number of alkyl carbamates (subject to hydrolysis) is 1. The third-order valence-corrected chi connectivity index (χ3v) is 6.60. The average Bonchev–Trinajstić information content (AvgIpc) is 3.18. The fourth-order valence-electron chi connectivity index (χ4n) is 4.72. The number of nitrogens with one attached hydrogen (secondary N) is 1. The quantitative estimate of drug-likeness (QED) is 0.902. The minimum absolute atomic E-state index is 0.0509. The number of benzene rings is 1. The lowest BCUT2D eigenvalue weighted by Crippen LogP contribution is -2.50. The Bertz CT molecular complexity index is 708. The van der Waals surface area contributed by atoms with Crippen molar-refractivity contribution in [1.29, 1.82) is 0 Å². The van der Waals surface area contributed by atoms with Gasteiger partial charge in [0.2, 0.25) is 5.91 Å². The topological polar surface area (TPSA) is 58.6 Å². The van der Waals surface area contributed by atoms with E-state index in [0.29, 0.717) is 11.8 Å². The molecule has 2 unspecified atom stereocenters. The predicted octanol–water partition coefficient (Wildman–Crippen LogP) is 3.04. The van der Waals surface area contributed by atoms with Gasteiger partial charge in [0.25, 0.3) is 0 Å². The number of hydrogen-bond acceptors (Lipinski definition) is 3. The van der Waals surface area contributed by atoms with Gasteiger partial charge in [-0.15, -0.1) is 0 Å². The van der Waals surface area contributed by atoms with E-state index < -0.39 is 6.09 Å². The van der Waals surface area contributed by atoms with Crippen LogP contribution in [0, 0.1) is 11.8 Å². The van der Waals surface area contributed by atoms with Gasteiger partial charge in [0, 0.05) is 30.5 Å². The first-order valence-corrected chi connectivity index (χ1v) is 9.66. The highest BCUT2D eigenvalue weighted by Gasteiger charge is 2.62. The van der Waals surface area contributed by atoms with Crippen LogP contribution in [0.1, 0.15) is 50.2 Å². The van der Waals surface area contributed by atoms with E-state index in [1.54, 1.807) is 0 Å². The lowest BCUT2D eigenvalue weighted by molar-refractivity contribution is -0.138. The zero-order chi connectivity index (χ0) is 18.5. The Labute approximate surface area is 155 Å². The molecular weight excluding hydrogens is 328 g/mol. The number of ether oxygens (including phenoxy) is 1. The highest BCUT2D eigenvalue weighted by molar-refractivity contribution is 5.81. The molecule has 1 aromatic carbocycles. The van der Waals surface area contributed by atoms with Crippen LogP contribution in [0.25, 0.3) is 0 Å². The number of rotatable bonds is 4. The average molecular weight is 356 g/mol. The van der Waals surface area contributed by atoms with E-state index in [1.807, 2.05) is 0 Å². The second kappa shape index (κ2) is 6.29. The molecule has 140 valence electrons. The Morgan fingerprint density at radius 2 is 1.92 bits per heavy atom. The van der Waals surface area contributed by atoms with Gasteiger partial charge >= 0.3 is 6.09 Å². The molecule has 3 aliphatic rings. The maximum Gasteiger partial charge on any atom is 0.407 e. The van der Waals surface area contributed by atoms with E-state index in [0.717, 1.165) is 25.9 Å². The third kappa shape index (κ3) is 2.87. The van der Waals surface area contributed by atoms with E-state index in [1.165, 1.54) is 24.7 Å². The van der Waals surface area contributed by atoms with Gasteiger partial charge in [0.15, 0.2) is 0 Å². The fraction of sp³-hybridized carbons (Fsp3) is 0.619. The third-order valence-electron chi connectivity index (χ3n) is 6.60. The summed E-state index contributed by atoms with van der Waals surface area (Å²) in [5.74, 6) is 1.47. The first kappa shape index (κ1) is 17.4. The molecule has 26 heavy (non-hydrogen) atoms. The van der Waals surface area contributed by atoms with Gasteiger partial charge in [0.1, 0.15) is 0 Å². The normalized spacial score (nSPS) is 32.0. The summed E-state index contributed by atoms with van der Waals surface area (Å²) in [5, 5.41) is 2.77. The molecule has 1 aliphatic heterocycles. The van der Waals surface area contributed by atoms with Crippen molar-refractivity contribution in [2.45, 2.75) is 50.5 Å². The molecule has 1 heterocycles. The Morgan fingerprint density at radius 1 is 1.23 bits per heavy atom. The lowest BCUT2D eigenvalue weighted by atomic mass is 9.79. The summed E-state index contributed by atoms with van der Waals surface area (Å²) in [7, 11) is 1.36. The maximum atomic E-state index is 12.8. The van der Waals surface area contributed by atoms with Crippen molar-refractivity contribution in [1.82, 2.24) is 10.2 Å². The second-order valence-corrected chi connectivity index (χ2v) is 8.55. The standard InChI is InChI=1S/C21H28N2O3/c1-13(2)14-4-6-16(7-5-14)21-10-17(21)11-23(12-21)19(24)15-8-18(9-15)22-20(25)26-3/h4-7,13,15,17-18H,8-12H2,1-3H3,(H,22,25). The van der Waals surface area contributed by atoms with Gasteiger partial charge in [-0.1, -0.05) is 38.1 Å². The largest absolute Gasteiger partial charge is 0.453 e. The zero-order valence-electron chi connectivity index (χ0n) is 15.8. The highest BCUT2D eigenvalue weighted by Crippen LogP contribution is 2.59. The molecule has 0 aromatic heterocycles. The molecule has 0 radical (unpaired) electrons.